The maximum atomic E-state index is 12.2. The Bertz CT molecular complexity index is 389. The third kappa shape index (κ3) is 2.42. The molecule has 1 aromatic rings. The van der Waals surface area contributed by atoms with E-state index < -0.39 is 0 Å². The van der Waals surface area contributed by atoms with Gasteiger partial charge in [-0.1, -0.05) is 17.7 Å². The Hall–Kier alpha value is -1.35. The zero-order valence-corrected chi connectivity index (χ0v) is 9.77. The van der Waals surface area contributed by atoms with Crippen LogP contribution in [0.25, 0.3) is 0 Å². The van der Waals surface area contributed by atoms with E-state index in [1.807, 2.05) is 43.0 Å². The van der Waals surface area contributed by atoms with E-state index in [2.05, 4.69) is 0 Å². The lowest BCUT2D eigenvalue weighted by Gasteiger charge is -2.31. The molecule has 86 valence electrons. The van der Waals surface area contributed by atoms with Gasteiger partial charge in [-0.2, -0.15) is 0 Å². The number of benzene rings is 1. The molecule has 1 atom stereocenters. The van der Waals surface area contributed by atoms with Crippen LogP contribution in [0.5, 0.6) is 0 Å². The van der Waals surface area contributed by atoms with Gasteiger partial charge in [0.25, 0.3) is 5.91 Å². The Morgan fingerprint density at radius 3 is 3.00 bits per heavy atom. The average molecular weight is 219 g/mol. The van der Waals surface area contributed by atoms with E-state index >= 15 is 0 Å². The second-order valence-corrected chi connectivity index (χ2v) is 4.30. The fraction of sp³-hybridized carbons (Fsp3) is 0.462. The second kappa shape index (κ2) is 4.66. The van der Waals surface area contributed by atoms with Crippen molar-refractivity contribution < 1.29 is 9.53 Å². The topological polar surface area (TPSA) is 29.5 Å². The molecule has 1 aromatic carbocycles. The molecule has 1 saturated heterocycles. The number of aryl methyl sites for hydroxylation is 1. The van der Waals surface area contributed by atoms with Crippen LogP contribution < -0.4 is 0 Å². The van der Waals surface area contributed by atoms with Crippen LogP contribution >= 0.6 is 0 Å². The minimum absolute atomic E-state index is 0.110. The van der Waals surface area contributed by atoms with Crippen LogP contribution in [-0.4, -0.2) is 36.6 Å². The van der Waals surface area contributed by atoms with Crippen LogP contribution in [0.1, 0.15) is 22.8 Å². The number of hydrogen-bond donors (Lipinski definition) is 0. The highest BCUT2D eigenvalue weighted by molar-refractivity contribution is 5.94. The van der Waals surface area contributed by atoms with Crippen LogP contribution in [-0.2, 0) is 4.74 Å². The van der Waals surface area contributed by atoms with Crippen LogP contribution in [0.3, 0.4) is 0 Å². The zero-order valence-electron chi connectivity index (χ0n) is 9.77. The van der Waals surface area contributed by atoms with Gasteiger partial charge in [0, 0.05) is 18.7 Å². The smallest absolute Gasteiger partial charge is 0.254 e. The van der Waals surface area contributed by atoms with Crippen molar-refractivity contribution in [2.75, 3.05) is 19.7 Å². The highest BCUT2D eigenvalue weighted by atomic mass is 16.5. The summed E-state index contributed by atoms with van der Waals surface area (Å²) in [6.45, 7) is 6.01. The zero-order chi connectivity index (χ0) is 11.5. The van der Waals surface area contributed by atoms with Crippen molar-refractivity contribution in [3.05, 3.63) is 35.4 Å². The van der Waals surface area contributed by atoms with E-state index in [1.165, 1.54) is 0 Å². The fourth-order valence-electron chi connectivity index (χ4n) is 1.96. The normalized spacial score (nSPS) is 20.9. The second-order valence-electron chi connectivity index (χ2n) is 4.30. The Labute approximate surface area is 96.0 Å². The van der Waals surface area contributed by atoms with Crippen molar-refractivity contribution in [1.82, 2.24) is 4.90 Å². The molecule has 0 spiro atoms. The molecule has 0 aliphatic carbocycles. The van der Waals surface area contributed by atoms with Gasteiger partial charge >= 0.3 is 0 Å². The van der Waals surface area contributed by atoms with E-state index in [9.17, 15) is 4.79 Å². The molecule has 1 aliphatic rings. The predicted molar refractivity (Wildman–Crippen MR) is 62.5 cm³/mol. The minimum atomic E-state index is 0.110. The highest BCUT2D eigenvalue weighted by Crippen LogP contribution is 2.11. The van der Waals surface area contributed by atoms with Crippen molar-refractivity contribution >= 4 is 5.91 Å². The molecule has 16 heavy (non-hydrogen) atoms. The van der Waals surface area contributed by atoms with E-state index in [-0.39, 0.29) is 12.0 Å². The summed E-state index contributed by atoms with van der Waals surface area (Å²) >= 11 is 0. The van der Waals surface area contributed by atoms with E-state index in [0.717, 1.165) is 11.1 Å². The van der Waals surface area contributed by atoms with Gasteiger partial charge in [0.05, 0.1) is 12.7 Å². The Kier molecular flexibility index (Phi) is 3.25. The highest BCUT2D eigenvalue weighted by Gasteiger charge is 2.22. The number of ether oxygens (including phenoxy) is 1. The molecule has 3 nitrogen and oxygen atoms in total. The number of carbonyl (C=O) groups is 1. The summed E-state index contributed by atoms with van der Waals surface area (Å²) in [5.74, 6) is 0.110. The Balaban J connectivity index is 2.12. The summed E-state index contributed by atoms with van der Waals surface area (Å²) in [5.41, 5.74) is 1.89. The van der Waals surface area contributed by atoms with Gasteiger partial charge in [-0.3, -0.25) is 4.79 Å². The average Bonchev–Trinajstić information content (AvgIpc) is 2.28. The maximum absolute atomic E-state index is 12.2. The summed E-state index contributed by atoms with van der Waals surface area (Å²) in [5, 5.41) is 0. The van der Waals surface area contributed by atoms with E-state index in [0.29, 0.717) is 19.7 Å². The van der Waals surface area contributed by atoms with Crippen LogP contribution in [0, 0.1) is 6.92 Å². The van der Waals surface area contributed by atoms with E-state index in [4.69, 9.17) is 4.74 Å². The number of morpholine rings is 1. The molecule has 1 unspecified atom stereocenters. The molecule has 1 aliphatic heterocycles. The maximum Gasteiger partial charge on any atom is 0.254 e. The van der Waals surface area contributed by atoms with Gasteiger partial charge in [0.1, 0.15) is 0 Å². The van der Waals surface area contributed by atoms with Crippen molar-refractivity contribution in [2.45, 2.75) is 20.0 Å². The summed E-state index contributed by atoms with van der Waals surface area (Å²) in [7, 11) is 0. The van der Waals surface area contributed by atoms with Crippen molar-refractivity contribution in [2.24, 2.45) is 0 Å². The van der Waals surface area contributed by atoms with Crippen molar-refractivity contribution in [3.8, 4) is 0 Å². The lowest BCUT2D eigenvalue weighted by Crippen LogP contribution is -2.44. The fourth-order valence-corrected chi connectivity index (χ4v) is 1.96. The van der Waals surface area contributed by atoms with Gasteiger partial charge < -0.3 is 9.64 Å². The summed E-state index contributed by atoms with van der Waals surface area (Å²) in [6.07, 6.45) is 0.141. The Morgan fingerprint density at radius 1 is 1.50 bits per heavy atom. The monoisotopic (exact) mass is 219 g/mol. The minimum Gasteiger partial charge on any atom is -0.375 e. The molecule has 3 heteroatoms. The number of carbonyl (C=O) groups excluding carboxylic acids is 1. The molecule has 0 bridgehead atoms. The third-order valence-corrected chi connectivity index (χ3v) is 2.79. The standard InChI is InChI=1S/C13H17NO2/c1-10-4-3-5-12(8-10)13(15)14-6-7-16-11(2)9-14/h3-5,8,11H,6-7,9H2,1-2H3. The number of nitrogens with zero attached hydrogens (tertiary/aromatic N) is 1. The summed E-state index contributed by atoms with van der Waals surface area (Å²) in [4.78, 5) is 14.0. The van der Waals surface area contributed by atoms with Crippen molar-refractivity contribution in [1.29, 1.82) is 0 Å². The largest absolute Gasteiger partial charge is 0.375 e. The quantitative estimate of drug-likeness (QED) is 0.721. The SMILES string of the molecule is Cc1cccc(C(=O)N2CCOC(C)C2)c1. The molecule has 0 radical (unpaired) electrons. The molecule has 2 rings (SSSR count). The first-order valence-corrected chi connectivity index (χ1v) is 5.64. The third-order valence-electron chi connectivity index (χ3n) is 2.79. The summed E-state index contributed by atoms with van der Waals surface area (Å²) in [6, 6.07) is 7.73. The van der Waals surface area contributed by atoms with Crippen molar-refractivity contribution in [3.63, 3.8) is 0 Å². The molecule has 1 fully saturated rings. The van der Waals surface area contributed by atoms with E-state index in [1.54, 1.807) is 0 Å². The molecular formula is C13H17NO2. The van der Waals surface area contributed by atoms with Gasteiger partial charge in [-0.05, 0) is 26.0 Å². The van der Waals surface area contributed by atoms with Gasteiger partial charge in [-0.15, -0.1) is 0 Å². The molecule has 1 amide bonds. The van der Waals surface area contributed by atoms with Gasteiger partial charge in [0.15, 0.2) is 0 Å². The first kappa shape index (κ1) is 11.1. The first-order chi connectivity index (χ1) is 7.66. The van der Waals surface area contributed by atoms with Gasteiger partial charge in [-0.25, -0.2) is 0 Å². The number of rotatable bonds is 1. The van der Waals surface area contributed by atoms with Crippen LogP contribution in [0.2, 0.25) is 0 Å². The first-order valence-electron chi connectivity index (χ1n) is 5.64. The van der Waals surface area contributed by atoms with Crippen LogP contribution in [0.4, 0.5) is 0 Å². The molecular weight excluding hydrogens is 202 g/mol. The lowest BCUT2D eigenvalue weighted by molar-refractivity contribution is -0.0124. The molecule has 0 saturated carbocycles. The molecule has 0 N–H and O–H groups in total. The van der Waals surface area contributed by atoms with Gasteiger partial charge in [0.2, 0.25) is 0 Å². The predicted octanol–water partition coefficient (Wildman–Crippen LogP) is 1.86. The number of hydrogen-bond acceptors (Lipinski definition) is 2. The molecule has 0 aromatic heterocycles. The lowest BCUT2D eigenvalue weighted by atomic mass is 10.1. The van der Waals surface area contributed by atoms with Crippen LogP contribution in [0.15, 0.2) is 24.3 Å². The molecule has 1 heterocycles. The number of amides is 1. The Morgan fingerprint density at radius 2 is 2.31 bits per heavy atom. The summed E-state index contributed by atoms with van der Waals surface area (Å²) < 4.78 is 5.42.